The molecule has 4 rings (SSSR count). The van der Waals surface area contributed by atoms with Crippen molar-refractivity contribution in [3.63, 3.8) is 0 Å². The molecular formula is C24H22FN5O3. The van der Waals surface area contributed by atoms with E-state index in [1.807, 2.05) is 18.2 Å². The Hall–Kier alpha value is -4.27. The van der Waals surface area contributed by atoms with Gasteiger partial charge in [0.2, 0.25) is 5.91 Å². The molecule has 2 amide bonds. The number of carbonyl (C=O) groups excluding carboxylic acids is 2. The second-order valence-corrected chi connectivity index (χ2v) is 7.51. The Morgan fingerprint density at radius 1 is 1.18 bits per heavy atom. The number of anilines is 2. The second-order valence-electron chi connectivity index (χ2n) is 7.51. The van der Waals surface area contributed by atoms with Crippen molar-refractivity contribution >= 4 is 29.4 Å². The third-order valence-corrected chi connectivity index (χ3v) is 5.31. The molecule has 8 nitrogen and oxygen atoms in total. The molecule has 1 aliphatic rings. The number of benzene rings is 2. The maximum atomic E-state index is 13.1. The molecule has 0 saturated carbocycles. The number of fused-ring (bicyclic) bond motifs is 1. The number of hydrogen-bond donors (Lipinski definition) is 3. The van der Waals surface area contributed by atoms with Crippen LogP contribution in [0.3, 0.4) is 0 Å². The molecule has 0 radical (unpaired) electrons. The Morgan fingerprint density at radius 3 is 2.70 bits per heavy atom. The van der Waals surface area contributed by atoms with Crippen molar-refractivity contribution in [2.24, 2.45) is 5.73 Å². The second kappa shape index (κ2) is 9.47. The van der Waals surface area contributed by atoms with E-state index in [4.69, 9.17) is 10.5 Å². The van der Waals surface area contributed by atoms with Gasteiger partial charge in [-0.15, -0.1) is 0 Å². The number of allylic oxidation sites excluding steroid dienone is 1. The first-order valence-corrected chi connectivity index (χ1v) is 10.2. The molecule has 2 aromatic carbocycles. The quantitative estimate of drug-likeness (QED) is 0.511. The van der Waals surface area contributed by atoms with Crippen LogP contribution in [0.5, 0.6) is 0 Å². The van der Waals surface area contributed by atoms with Crippen molar-refractivity contribution in [2.75, 3.05) is 17.7 Å². The van der Waals surface area contributed by atoms with E-state index in [0.29, 0.717) is 47.1 Å². The number of primary amides is 1. The predicted molar refractivity (Wildman–Crippen MR) is 122 cm³/mol. The number of ether oxygens (including phenoxy) is 1. The molecule has 0 spiro atoms. The van der Waals surface area contributed by atoms with E-state index >= 15 is 0 Å². The number of aromatic nitrogens is 2. The Balaban J connectivity index is 1.50. The van der Waals surface area contributed by atoms with Gasteiger partial charge in [-0.1, -0.05) is 12.1 Å². The predicted octanol–water partition coefficient (Wildman–Crippen LogP) is 3.44. The van der Waals surface area contributed by atoms with Crippen LogP contribution < -0.4 is 16.4 Å². The van der Waals surface area contributed by atoms with Crippen molar-refractivity contribution in [2.45, 2.75) is 18.9 Å². The lowest BCUT2D eigenvalue weighted by molar-refractivity contribution is -0.119. The van der Waals surface area contributed by atoms with Crippen molar-refractivity contribution in [3.8, 4) is 0 Å². The van der Waals surface area contributed by atoms with Crippen LogP contribution in [0, 0.1) is 5.82 Å². The molecule has 0 saturated heterocycles. The first-order valence-electron chi connectivity index (χ1n) is 10.2. The van der Waals surface area contributed by atoms with Gasteiger partial charge in [0.05, 0.1) is 24.5 Å². The zero-order valence-electron chi connectivity index (χ0n) is 17.8. The van der Waals surface area contributed by atoms with Gasteiger partial charge in [0.1, 0.15) is 18.0 Å². The third-order valence-electron chi connectivity index (χ3n) is 5.31. The summed E-state index contributed by atoms with van der Waals surface area (Å²) in [6.45, 7) is 0.404. The van der Waals surface area contributed by atoms with Gasteiger partial charge in [0.15, 0.2) is 0 Å². The monoisotopic (exact) mass is 447 g/mol. The Morgan fingerprint density at radius 2 is 1.97 bits per heavy atom. The Bertz CT molecular complexity index is 1230. The summed E-state index contributed by atoms with van der Waals surface area (Å²) >= 11 is 0. The molecule has 1 aliphatic carbocycles. The molecule has 33 heavy (non-hydrogen) atoms. The van der Waals surface area contributed by atoms with Crippen LogP contribution in [0.2, 0.25) is 0 Å². The van der Waals surface area contributed by atoms with Crippen molar-refractivity contribution in [1.82, 2.24) is 9.97 Å². The molecule has 1 atom stereocenters. The smallest absolute Gasteiger partial charge is 0.255 e. The highest BCUT2D eigenvalue weighted by atomic mass is 19.1. The number of hydrogen-bond acceptors (Lipinski definition) is 6. The zero-order valence-corrected chi connectivity index (χ0v) is 17.8. The number of nitrogens with two attached hydrogens (primary N) is 1. The largest absolute Gasteiger partial charge is 0.501 e. The maximum Gasteiger partial charge on any atom is 0.255 e. The van der Waals surface area contributed by atoms with Crippen LogP contribution in [0.1, 0.15) is 39.5 Å². The van der Waals surface area contributed by atoms with Crippen LogP contribution in [0.15, 0.2) is 60.6 Å². The van der Waals surface area contributed by atoms with E-state index in [9.17, 15) is 14.0 Å². The van der Waals surface area contributed by atoms with Gasteiger partial charge in [0, 0.05) is 29.8 Å². The van der Waals surface area contributed by atoms with Crippen molar-refractivity contribution in [3.05, 3.63) is 88.8 Å². The molecule has 0 bridgehead atoms. The zero-order chi connectivity index (χ0) is 23.4. The highest BCUT2D eigenvalue weighted by molar-refractivity contribution is 6.04. The van der Waals surface area contributed by atoms with Gasteiger partial charge < -0.3 is 21.1 Å². The van der Waals surface area contributed by atoms with Gasteiger partial charge in [-0.05, 0) is 48.0 Å². The first-order chi connectivity index (χ1) is 15.9. The SMILES string of the molecule is COC1=Cc2c(NCc3cccc(NC(=O)c4ccc(F)cc4)c3)ncnc2C(C(N)=O)C1. The lowest BCUT2D eigenvalue weighted by Crippen LogP contribution is -2.26. The van der Waals surface area contributed by atoms with Crippen molar-refractivity contribution < 1.29 is 18.7 Å². The fourth-order valence-electron chi connectivity index (χ4n) is 3.61. The number of nitrogens with one attached hydrogen (secondary N) is 2. The van der Waals surface area contributed by atoms with Gasteiger partial charge in [-0.3, -0.25) is 9.59 Å². The fourth-order valence-corrected chi connectivity index (χ4v) is 3.61. The third kappa shape index (κ3) is 4.98. The van der Waals surface area contributed by atoms with Gasteiger partial charge >= 0.3 is 0 Å². The molecule has 9 heteroatoms. The van der Waals surface area contributed by atoms with Gasteiger partial charge in [-0.25, -0.2) is 14.4 Å². The standard InChI is InChI=1S/C24H22FN5O3/c1-33-18-10-19(22(26)31)21-20(11-18)23(29-13-28-21)27-12-14-3-2-4-17(9-14)30-24(32)15-5-7-16(25)8-6-15/h2-9,11,13,19H,10,12H2,1H3,(H2,26,31)(H,30,32)(H,27,28,29). The van der Waals surface area contributed by atoms with E-state index in [1.54, 1.807) is 12.1 Å². The molecule has 1 aromatic heterocycles. The van der Waals surface area contributed by atoms with Crippen LogP contribution in [-0.4, -0.2) is 28.9 Å². The number of carbonyl (C=O) groups is 2. The molecule has 0 aliphatic heterocycles. The molecule has 1 unspecified atom stereocenters. The van der Waals surface area contributed by atoms with Crippen LogP contribution in [-0.2, 0) is 16.1 Å². The van der Waals surface area contributed by atoms with Crippen LogP contribution in [0.4, 0.5) is 15.9 Å². The minimum atomic E-state index is -0.589. The van der Waals surface area contributed by atoms with E-state index in [1.165, 1.54) is 37.7 Å². The number of amides is 2. The van der Waals surface area contributed by atoms with Gasteiger partial charge in [0.25, 0.3) is 5.91 Å². The summed E-state index contributed by atoms with van der Waals surface area (Å²) in [6, 6.07) is 12.6. The summed E-state index contributed by atoms with van der Waals surface area (Å²) in [4.78, 5) is 32.9. The number of methoxy groups -OCH3 is 1. The average molecular weight is 447 g/mol. The molecular weight excluding hydrogens is 425 g/mol. The molecule has 3 aromatic rings. The molecule has 168 valence electrons. The van der Waals surface area contributed by atoms with Gasteiger partial charge in [-0.2, -0.15) is 0 Å². The van der Waals surface area contributed by atoms with E-state index in [0.717, 1.165) is 5.56 Å². The summed E-state index contributed by atoms with van der Waals surface area (Å²) in [5, 5.41) is 6.06. The Labute approximate surface area is 189 Å². The maximum absolute atomic E-state index is 13.1. The minimum Gasteiger partial charge on any atom is -0.501 e. The number of nitrogens with zero attached hydrogens (tertiary/aromatic N) is 2. The lowest BCUT2D eigenvalue weighted by atomic mass is 9.90. The highest BCUT2D eigenvalue weighted by Gasteiger charge is 2.29. The summed E-state index contributed by atoms with van der Waals surface area (Å²) in [5.74, 6) is -0.640. The minimum absolute atomic E-state index is 0.334. The topological polar surface area (TPSA) is 119 Å². The van der Waals surface area contributed by atoms with Crippen LogP contribution in [0.25, 0.3) is 6.08 Å². The van der Waals surface area contributed by atoms with E-state index in [-0.39, 0.29) is 5.91 Å². The van der Waals surface area contributed by atoms with Crippen LogP contribution >= 0.6 is 0 Å². The summed E-state index contributed by atoms with van der Waals surface area (Å²) < 4.78 is 18.4. The lowest BCUT2D eigenvalue weighted by Gasteiger charge is -2.23. The highest BCUT2D eigenvalue weighted by Crippen LogP contribution is 2.35. The molecule has 0 fully saturated rings. The first kappa shape index (κ1) is 21.9. The average Bonchev–Trinajstić information content (AvgIpc) is 2.82. The number of halogens is 1. The van der Waals surface area contributed by atoms with E-state index < -0.39 is 17.6 Å². The summed E-state index contributed by atoms with van der Waals surface area (Å²) in [7, 11) is 1.54. The van der Waals surface area contributed by atoms with E-state index in [2.05, 4.69) is 20.6 Å². The summed E-state index contributed by atoms with van der Waals surface area (Å²) in [6.07, 6.45) is 3.55. The fraction of sp³-hybridized carbons (Fsp3) is 0.167. The Kier molecular flexibility index (Phi) is 6.30. The molecule has 1 heterocycles. The molecule has 4 N–H and O–H groups in total. The number of rotatable bonds is 7. The normalized spacial score (nSPS) is 14.6. The van der Waals surface area contributed by atoms with Crippen molar-refractivity contribution in [1.29, 1.82) is 0 Å². The summed E-state index contributed by atoms with van der Waals surface area (Å²) in [5.41, 5.74) is 8.62.